The van der Waals surface area contributed by atoms with Gasteiger partial charge in [-0.1, -0.05) is 48.5 Å². The lowest BCUT2D eigenvalue weighted by atomic mass is 10.0. The molecule has 1 amide bonds. The number of alkyl halides is 3. The van der Waals surface area contributed by atoms with Crippen molar-refractivity contribution in [2.24, 2.45) is 0 Å². The number of halogens is 3. The average Bonchev–Trinajstić information content (AvgIpc) is 2.53. The highest BCUT2D eigenvalue weighted by Gasteiger charge is 2.30. The number of nitrogens with one attached hydrogen (secondary N) is 1. The molecule has 2 aromatic carbocycles. The van der Waals surface area contributed by atoms with Gasteiger partial charge in [0.15, 0.2) is 0 Å². The molecule has 0 spiro atoms. The monoisotopic (exact) mass is 335 g/mol. The van der Waals surface area contributed by atoms with E-state index in [1.807, 2.05) is 30.3 Å². The van der Waals surface area contributed by atoms with Crippen molar-refractivity contribution >= 4 is 5.91 Å². The van der Waals surface area contributed by atoms with Gasteiger partial charge < -0.3 is 5.32 Å². The smallest absolute Gasteiger partial charge is 0.353 e. The summed E-state index contributed by atoms with van der Waals surface area (Å²) in [6, 6.07) is 14.7. The summed E-state index contributed by atoms with van der Waals surface area (Å²) in [4.78, 5) is 12.0. The number of rotatable bonds is 6. The molecule has 24 heavy (non-hydrogen) atoms. The van der Waals surface area contributed by atoms with Crippen LogP contribution in [0, 0.1) is 0 Å². The van der Waals surface area contributed by atoms with E-state index in [9.17, 15) is 18.0 Å². The zero-order chi connectivity index (χ0) is 17.6. The molecule has 2 nitrogen and oxygen atoms in total. The third kappa shape index (κ3) is 5.72. The van der Waals surface area contributed by atoms with E-state index in [0.717, 1.165) is 17.7 Å². The molecule has 1 unspecified atom stereocenters. The van der Waals surface area contributed by atoms with Crippen LogP contribution >= 0.6 is 0 Å². The Morgan fingerprint density at radius 1 is 1.04 bits per heavy atom. The molecule has 2 rings (SSSR count). The Morgan fingerprint density at radius 3 is 2.38 bits per heavy atom. The highest BCUT2D eigenvalue weighted by molar-refractivity contribution is 5.76. The number of carbonyl (C=O) groups excluding carboxylic acids is 1. The summed E-state index contributed by atoms with van der Waals surface area (Å²) in [6.07, 6.45) is -2.99. The van der Waals surface area contributed by atoms with Gasteiger partial charge in [-0.25, -0.2) is 0 Å². The summed E-state index contributed by atoms with van der Waals surface area (Å²) in [6.45, 7) is 1.79. The Bertz CT molecular complexity index is 668. The van der Waals surface area contributed by atoms with Crippen molar-refractivity contribution in [3.05, 3.63) is 71.3 Å². The van der Waals surface area contributed by atoms with E-state index in [1.165, 1.54) is 6.07 Å². The maximum atomic E-state index is 12.7. The highest BCUT2D eigenvalue weighted by atomic mass is 19.4. The maximum Gasteiger partial charge on any atom is 0.416 e. The minimum atomic E-state index is -4.35. The lowest BCUT2D eigenvalue weighted by molar-refractivity contribution is -0.137. The minimum absolute atomic E-state index is 0.0988. The maximum absolute atomic E-state index is 12.7. The second-order valence-corrected chi connectivity index (χ2v) is 5.86. The first-order valence-corrected chi connectivity index (χ1v) is 7.84. The normalized spacial score (nSPS) is 12.7. The van der Waals surface area contributed by atoms with Crippen molar-refractivity contribution in [2.75, 3.05) is 0 Å². The second-order valence-electron chi connectivity index (χ2n) is 5.86. The van der Waals surface area contributed by atoms with Gasteiger partial charge in [-0.2, -0.15) is 13.2 Å². The van der Waals surface area contributed by atoms with Crippen molar-refractivity contribution in [2.45, 2.75) is 38.4 Å². The van der Waals surface area contributed by atoms with Crippen LogP contribution in [0.4, 0.5) is 13.2 Å². The summed E-state index contributed by atoms with van der Waals surface area (Å²) in [7, 11) is 0. The van der Waals surface area contributed by atoms with Crippen LogP contribution in [-0.4, -0.2) is 11.9 Å². The predicted molar refractivity (Wildman–Crippen MR) is 87.5 cm³/mol. The van der Waals surface area contributed by atoms with Gasteiger partial charge in [-0.05, 0) is 37.0 Å². The summed E-state index contributed by atoms with van der Waals surface area (Å²) in [5.41, 5.74) is 0.974. The molecule has 0 heterocycles. The van der Waals surface area contributed by atoms with Crippen molar-refractivity contribution in [1.29, 1.82) is 0 Å². The molecule has 128 valence electrons. The molecule has 2 aromatic rings. The first kappa shape index (κ1) is 18.0. The summed E-state index contributed by atoms with van der Waals surface area (Å²) in [5, 5.41) is 2.84. The Hall–Kier alpha value is -2.30. The molecular weight excluding hydrogens is 315 g/mol. The first-order chi connectivity index (χ1) is 11.3. The number of carbonyl (C=O) groups is 1. The van der Waals surface area contributed by atoms with Gasteiger partial charge >= 0.3 is 6.18 Å². The van der Waals surface area contributed by atoms with Crippen molar-refractivity contribution < 1.29 is 18.0 Å². The lowest BCUT2D eigenvalue weighted by Gasteiger charge is -2.15. The number of amides is 1. The molecule has 0 saturated carbocycles. The lowest BCUT2D eigenvalue weighted by Crippen LogP contribution is -2.34. The standard InChI is InChI=1S/C19H20F3NO/c1-14(12-16-8-5-9-17(13-16)19(20,21)22)23-18(24)11-10-15-6-3-2-4-7-15/h2-9,13-14H,10-12H2,1H3,(H,23,24). The van der Waals surface area contributed by atoms with Gasteiger partial charge in [0.1, 0.15) is 0 Å². The number of hydrogen-bond donors (Lipinski definition) is 1. The van der Waals surface area contributed by atoms with Crippen LogP contribution in [0.1, 0.15) is 30.0 Å². The fourth-order valence-electron chi connectivity index (χ4n) is 2.53. The van der Waals surface area contributed by atoms with E-state index in [2.05, 4.69) is 5.32 Å². The van der Waals surface area contributed by atoms with E-state index in [-0.39, 0.29) is 11.9 Å². The molecule has 0 aliphatic rings. The fourth-order valence-corrected chi connectivity index (χ4v) is 2.53. The zero-order valence-corrected chi connectivity index (χ0v) is 13.4. The SMILES string of the molecule is CC(Cc1cccc(C(F)(F)F)c1)NC(=O)CCc1ccccc1. The molecule has 5 heteroatoms. The molecule has 0 saturated heterocycles. The number of aryl methyl sites for hydroxylation is 1. The molecule has 0 aliphatic carbocycles. The Labute approximate surface area is 139 Å². The Balaban J connectivity index is 1.84. The number of benzene rings is 2. The predicted octanol–water partition coefficient (Wildman–Crippen LogP) is 4.39. The Kier molecular flexibility index (Phi) is 6.01. The van der Waals surface area contributed by atoms with E-state index >= 15 is 0 Å². The number of hydrogen-bond acceptors (Lipinski definition) is 1. The molecular formula is C19H20F3NO. The van der Waals surface area contributed by atoms with Gasteiger partial charge in [0.2, 0.25) is 5.91 Å². The topological polar surface area (TPSA) is 29.1 Å². The molecule has 0 radical (unpaired) electrons. The van der Waals surface area contributed by atoms with E-state index in [4.69, 9.17) is 0 Å². The average molecular weight is 335 g/mol. The van der Waals surface area contributed by atoms with Crippen LogP contribution in [0.3, 0.4) is 0 Å². The third-order valence-electron chi connectivity index (χ3n) is 3.69. The quantitative estimate of drug-likeness (QED) is 0.834. The minimum Gasteiger partial charge on any atom is -0.353 e. The van der Waals surface area contributed by atoms with Gasteiger partial charge in [0.25, 0.3) is 0 Å². The summed E-state index contributed by atoms with van der Waals surface area (Å²) in [5.74, 6) is -0.0988. The van der Waals surface area contributed by atoms with Crippen LogP contribution in [-0.2, 0) is 23.8 Å². The van der Waals surface area contributed by atoms with Crippen LogP contribution in [0.2, 0.25) is 0 Å². The van der Waals surface area contributed by atoms with Gasteiger partial charge in [-0.3, -0.25) is 4.79 Å². The molecule has 1 N–H and O–H groups in total. The van der Waals surface area contributed by atoms with Crippen molar-refractivity contribution in [1.82, 2.24) is 5.32 Å². The van der Waals surface area contributed by atoms with Crippen LogP contribution in [0.15, 0.2) is 54.6 Å². The molecule has 0 fully saturated rings. The van der Waals surface area contributed by atoms with E-state index in [0.29, 0.717) is 24.8 Å². The van der Waals surface area contributed by atoms with Crippen LogP contribution < -0.4 is 5.32 Å². The van der Waals surface area contributed by atoms with E-state index in [1.54, 1.807) is 13.0 Å². The molecule has 0 bridgehead atoms. The Morgan fingerprint density at radius 2 is 1.71 bits per heavy atom. The molecule has 1 atom stereocenters. The van der Waals surface area contributed by atoms with Crippen LogP contribution in [0.5, 0.6) is 0 Å². The zero-order valence-electron chi connectivity index (χ0n) is 13.4. The van der Waals surface area contributed by atoms with Gasteiger partial charge in [0.05, 0.1) is 5.56 Å². The highest BCUT2D eigenvalue weighted by Crippen LogP contribution is 2.29. The summed E-state index contributed by atoms with van der Waals surface area (Å²) >= 11 is 0. The fraction of sp³-hybridized carbons (Fsp3) is 0.316. The molecule has 0 aromatic heterocycles. The second kappa shape index (κ2) is 7.99. The first-order valence-electron chi connectivity index (χ1n) is 7.84. The van der Waals surface area contributed by atoms with Crippen LogP contribution in [0.25, 0.3) is 0 Å². The van der Waals surface area contributed by atoms with E-state index < -0.39 is 11.7 Å². The van der Waals surface area contributed by atoms with Crippen molar-refractivity contribution in [3.8, 4) is 0 Å². The summed E-state index contributed by atoms with van der Waals surface area (Å²) < 4.78 is 38.1. The van der Waals surface area contributed by atoms with Gasteiger partial charge in [0, 0.05) is 12.5 Å². The largest absolute Gasteiger partial charge is 0.416 e. The third-order valence-corrected chi connectivity index (χ3v) is 3.69. The molecule has 0 aliphatic heterocycles. The van der Waals surface area contributed by atoms with Gasteiger partial charge in [-0.15, -0.1) is 0 Å². The van der Waals surface area contributed by atoms with Crippen molar-refractivity contribution in [3.63, 3.8) is 0 Å².